The van der Waals surface area contributed by atoms with Crippen LogP contribution in [0.2, 0.25) is 0 Å². The lowest BCUT2D eigenvalue weighted by atomic mass is 9.95. The van der Waals surface area contributed by atoms with Gasteiger partial charge in [-0.15, -0.1) is 0 Å². The molecule has 0 radical (unpaired) electrons. The van der Waals surface area contributed by atoms with Gasteiger partial charge < -0.3 is 5.73 Å². The van der Waals surface area contributed by atoms with E-state index in [1.807, 2.05) is 32.0 Å². The lowest BCUT2D eigenvalue weighted by Gasteiger charge is -2.17. The molecule has 76 valence electrons. The Morgan fingerprint density at radius 2 is 2.00 bits per heavy atom. The van der Waals surface area contributed by atoms with Crippen LogP contribution in [0.3, 0.4) is 0 Å². The van der Waals surface area contributed by atoms with Crippen LogP contribution < -0.4 is 5.73 Å². The molecule has 0 aliphatic rings. The van der Waals surface area contributed by atoms with Gasteiger partial charge in [-0.3, -0.25) is 4.79 Å². The number of halogens is 1. The number of rotatable bonds is 3. The van der Waals surface area contributed by atoms with Gasteiger partial charge in [-0.25, -0.2) is 0 Å². The number of carbonyl (C=O) groups is 1. The second-order valence-corrected chi connectivity index (χ2v) is 4.92. The van der Waals surface area contributed by atoms with Crippen LogP contribution in [0.15, 0.2) is 28.7 Å². The first kappa shape index (κ1) is 11.4. The van der Waals surface area contributed by atoms with Gasteiger partial charge in [0.15, 0.2) is 5.78 Å². The summed E-state index contributed by atoms with van der Waals surface area (Å²) in [5, 5.41) is 0. The molecule has 3 heteroatoms. The minimum atomic E-state index is -0.452. The molecule has 0 aromatic heterocycles. The summed E-state index contributed by atoms with van der Waals surface area (Å²) in [6.45, 7) is 3.70. The Kier molecular flexibility index (Phi) is 3.45. The van der Waals surface area contributed by atoms with Crippen LogP contribution in [0.4, 0.5) is 0 Å². The van der Waals surface area contributed by atoms with Gasteiger partial charge in [0.1, 0.15) is 0 Å². The minimum Gasteiger partial charge on any atom is -0.325 e. The van der Waals surface area contributed by atoms with E-state index in [0.717, 1.165) is 4.47 Å². The lowest BCUT2D eigenvalue weighted by Crippen LogP contribution is -2.34. The Bertz CT molecular complexity index is 341. The summed E-state index contributed by atoms with van der Waals surface area (Å²) >= 11 is 3.34. The van der Waals surface area contributed by atoms with Crippen molar-refractivity contribution < 1.29 is 4.79 Å². The van der Waals surface area contributed by atoms with Gasteiger partial charge in [0.05, 0.1) is 0 Å². The van der Waals surface area contributed by atoms with Crippen LogP contribution in [0.5, 0.6) is 0 Å². The molecule has 0 aliphatic heterocycles. The largest absolute Gasteiger partial charge is 0.325 e. The molecule has 2 N–H and O–H groups in total. The zero-order valence-corrected chi connectivity index (χ0v) is 9.97. The van der Waals surface area contributed by atoms with E-state index in [4.69, 9.17) is 5.73 Å². The van der Waals surface area contributed by atoms with Crippen molar-refractivity contribution in [1.82, 2.24) is 0 Å². The number of hydrogen-bond acceptors (Lipinski definition) is 2. The average Bonchev–Trinajstić information content (AvgIpc) is 2.01. The van der Waals surface area contributed by atoms with Gasteiger partial charge >= 0.3 is 0 Å². The van der Waals surface area contributed by atoms with Crippen molar-refractivity contribution >= 4 is 21.7 Å². The molecule has 0 heterocycles. The smallest absolute Gasteiger partial charge is 0.165 e. The van der Waals surface area contributed by atoms with Gasteiger partial charge in [-0.2, -0.15) is 0 Å². The first-order valence-corrected chi connectivity index (χ1v) is 5.26. The highest BCUT2D eigenvalue weighted by Gasteiger charge is 2.18. The standard InChI is InChI=1S/C11H14BrNO/c1-11(2,13)7-10(14)8-5-3-4-6-9(8)12/h3-6H,7,13H2,1-2H3. The first-order chi connectivity index (χ1) is 6.40. The molecule has 0 atom stereocenters. The third-order valence-corrected chi connectivity index (χ3v) is 2.48. The molecule has 0 bridgehead atoms. The monoisotopic (exact) mass is 255 g/mol. The third-order valence-electron chi connectivity index (χ3n) is 1.79. The fourth-order valence-electron chi connectivity index (χ4n) is 1.20. The van der Waals surface area contributed by atoms with E-state index in [1.54, 1.807) is 6.07 Å². The van der Waals surface area contributed by atoms with Crippen molar-refractivity contribution in [2.24, 2.45) is 5.73 Å². The Morgan fingerprint density at radius 3 is 2.50 bits per heavy atom. The highest BCUT2D eigenvalue weighted by atomic mass is 79.9. The fraction of sp³-hybridized carbons (Fsp3) is 0.364. The number of carbonyl (C=O) groups excluding carboxylic acids is 1. The van der Waals surface area contributed by atoms with Crippen LogP contribution in [0.1, 0.15) is 30.6 Å². The van der Waals surface area contributed by atoms with E-state index in [-0.39, 0.29) is 5.78 Å². The summed E-state index contributed by atoms with van der Waals surface area (Å²) < 4.78 is 0.828. The summed E-state index contributed by atoms with van der Waals surface area (Å²) in [5.41, 5.74) is 6.04. The molecule has 0 saturated carbocycles. The summed E-state index contributed by atoms with van der Waals surface area (Å²) in [5.74, 6) is 0.0741. The van der Waals surface area contributed by atoms with E-state index in [9.17, 15) is 4.79 Å². The number of hydrogen-bond donors (Lipinski definition) is 1. The maximum Gasteiger partial charge on any atom is 0.165 e. The van der Waals surface area contributed by atoms with E-state index >= 15 is 0 Å². The molecule has 1 rings (SSSR count). The highest BCUT2D eigenvalue weighted by molar-refractivity contribution is 9.10. The molecule has 0 fully saturated rings. The van der Waals surface area contributed by atoms with Crippen LogP contribution >= 0.6 is 15.9 Å². The van der Waals surface area contributed by atoms with Crippen LogP contribution in [-0.2, 0) is 0 Å². The van der Waals surface area contributed by atoms with Crippen molar-refractivity contribution in [3.8, 4) is 0 Å². The molecule has 0 unspecified atom stereocenters. The second kappa shape index (κ2) is 4.24. The minimum absolute atomic E-state index is 0.0741. The Morgan fingerprint density at radius 1 is 1.43 bits per heavy atom. The Balaban J connectivity index is 2.86. The van der Waals surface area contributed by atoms with Gasteiger partial charge in [0, 0.05) is 22.0 Å². The summed E-state index contributed by atoms with van der Waals surface area (Å²) in [6.07, 6.45) is 0.357. The molecule has 2 nitrogen and oxygen atoms in total. The third kappa shape index (κ3) is 3.24. The molecule has 0 aliphatic carbocycles. The number of Topliss-reactive ketones (excluding diaryl/α,β-unsaturated/α-hetero) is 1. The lowest BCUT2D eigenvalue weighted by molar-refractivity contribution is 0.0959. The summed E-state index contributed by atoms with van der Waals surface area (Å²) in [7, 11) is 0. The summed E-state index contributed by atoms with van der Waals surface area (Å²) in [6, 6.07) is 7.39. The molecule has 0 amide bonds. The second-order valence-electron chi connectivity index (χ2n) is 4.07. The highest BCUT2D eigenvalue weighted by Crippen LogP contribution is 2.19. The van der Waals surface area contributed by atoms with Crippen LogP contribution in [0, 0.1) is 0 Å². The SMILES string of the molecule is CC(C)(N)CC(=O)c1ccccc1Br. The van der Waals surface area contributed by atoms with Crippen molar-refractivity contribution in [3.63, 3.8) is 0 Å². The molecule has 1 aromatic carbocycles. The maximum absolute atomic E-state index is 11.8. The molecule has 1 aromatic rings. The number of ketones is 1. The zero-order valence-electron chi connectivity index (χ0n) is 8.38. The Hall–Kier alpha value is -0.670. The van der Waals surface area contributed by atoms with Gasteiger partial charge in [0.2, 0.25) is 0 Å². The van der Waals surface area contributed by atoms with Gasteiger partial charge in [-0.1, -0.05) is 34.1 Å². The number of nitrogens with two attached hydrogens (primary N) is 1. The van der Waals surface area contributed by atoms with Crippen molar-refractivity contribution in [3.05, 3.63) is 34.3 Å². The average molecular weight is 256 g/mol. The fourth-order valence-corrected chi connectivity index (χ4v) is 1.70. The van der Waals surface area contributed by atoms with E-state index in [0.29, 0.717) is 12.0 Å². The Labute approximate surface area is 92.6 Å². The first-order valence-electron chi connectivity index (χ1n) is 4.47. The molecular weight excluding hydrogens is 242 g/mol. The van der Waals surface area contributed by atoms with Crippen LogP contribution in [0.25, 0.3) is 0 Å². The molecule has 0 saturated heterocycles. The van der Waals surface area contributed by atoms with Crippen molar-refractivity contribution in [1.29, 1.82) is 0 Å². The van der Waals surface area contributed by atoms with E-state index in [1.165, 1.54) is 0 Å². The number of benzene rings is 1. The van der Waals surface area contributed by atoms with Crippen LogP contribution in [-0.4, -0.2) is 11.3 Å². The van der Waals surface area contributed by atoms with Crippen molar-refractivity contribution in [2.75, 3.05) is 0 Å². The van der Waals surface area contributed by atoms with E-state index < -0.39 is 5.54 Å². The predicted octanol–water partition coefficient (Wildman–Crippen LogP) is 2.76. The normalized spacial score (nSPS) is 11.4. The summed E-state index contributed by atoms with van der Waals surface area (Å²) in [4.78, 5) is 11.8. The maximum atomic E-state index is 11.8. The topological polar surface area (TPSA) is 43.1 Å². The van der Waals surface area contributed by atoms with E-state index in [2.05, 4.69) is 15.9 Å². The van der Waals surface area contributed by atoms with Crippen molar-refractivity contribution in [2.45, 2.75) is 25.8 Å². The quantitative estimate of drug-likeness (QED) is 0.845. The predicted molar refractivity (Wildman–Crippen MR) is 61.4 cm³/mol. The van der Waals surface area contributed by atoms with Gasteiger partial charge in [-0.05, 0) is 19.9 Å². The molecule has 14 heavy (non-hydrogen) atoms. The zero-order chi connectivity index (χ0) is 10.8. The van der Waals surface area contributed by atoms with Gasteiger partial charge in [0.25, 0.3) is 0 Å². The molecular formula is C11H14BrNO. The molecule has 0 spiro atoms.